The van der Waals surface area contributed by atoms with Crippen molar-refractivity contribution < 1.29 is 13.9 Å². The lowest BCUT2D eigenvalue weighted by molar-refractivity contribution is -0.122. The van der Waals surface area contributed by atoms with Crippen LogP contribution < -0.4 is 15.5 Å². The van der Waals surface area contributed by atoms with Crippen LogP contribution in [0.15, 0.2) is 75.9 Å². The van der Waals surface area contributed by atoms with Gasteiger partial charge in [-0.15, -0.1) is 0 Å². The lowest BCUT2D eigenvalue weighted by atomic mass is 10.1. The van der Waals surface area contributed by atoms with Gasteiger partial charge in [-0.25, -0.2) is 0 Å². The zero-order valence-electron chi connectivity index (χ0n) is 17.3. The highest BCUT2D eigenvalue weighted by atomic mass is 35.5. The Labute approximate surface area is 194 Å². The Kier molecular flexibility index (Phi) is 6.21. The van der Waals surface area contributed by atoms with Gasteiger partial charge in [-0.2, -0.15) is 0 Å². The molecule has 0 saturated carbocycles. The van der Waals surface area contributed by atoms with E-state index in [0.717, 1.165) is 5.56 Å². The molecule has 4 aromatic rings. The van der Waals surface area contributed by atoms with Crippen molar-refractivity contribution in [3.8, 4) is 17.1 Å². The van der Waals surface area contributed by atoms with Gasteiger partial charge in [0.2, 0.25) is 11.2 Å². The van der Waals surface area contributed by atoms with Crippen molar-refractivity contribution in [3.63, 3.8) is 0 Å². The van der Waals surface area contributed by atoms with Gasteiger partial charge in [0, 0.05) is 21.3 Å². The van der Waals surface area contributed by atoms with Crippen LogP contribution in [0.25, 0.3) is 22.3 Å². The highest BCUT2D eigenvalue weighted by Crippen LogP contribution is 2.32. The Hall–Kier alpha value is -3.28. The summed E-state index contributed by atoms with van der Waals surface area (Å²) < 4.78 is 11.9. The number of halogens is 2. The molecule has 1 N–H and O–H groups in total. The first-order chi connectivity index (χ1) is 15.3. The highest BCUT2D eigenvalue weighted by molar-refractivity contribution is 6.31. The molecule has 32 heavy (non-hydrogen) atoms. The summed E-state index contributed by atoms with van der Waals surface area (Å²) in [5.74, 6) is -0.230. The molecule has 1 amide bonds. The van der Waals surface area contributed by atoms with E-state index in [0.29, 0.717) is 26.9 Å². The minimum absolute atomic E-state index is 0.0534. The minimum atomic E-state index is -0.977. The maximum Gasteiger partial charge on any atom is 0.265 e. The quantitative estimate of drug-likeness (QED) is 0.364. The minimum Gasteiger partial charge on any atom is -0.473 e. The number of anilines is 1. The Morgan fingerprint density at radius 2 is 1.62 bits per heavy atom. The molecule has 0 saturated heterocycles. The molecule has 0 aliphatic carbocycles. The molecule has 0 unspecified atom stereocenters. The zero-order chi connectivity index (χ0) is 22.8. The molecule has 3 aromatic carbocycles. The van der Waals surface area contributed by atoms with E-state index in [1.165, 1.54) is 6.07 Å². The van der Waals surface area contributed by atoms with Crippen LogP contribution in [0.4, 0.5) is 5.69 Å². The Bertz CT molecular complexity index is 1350. The second-order valence-corrected chi connectivity index (χ2v) is 8.23. The molecule has 0 bridgehead atoms. The van der Waals surface area contributed by atoms with Crippen molar-refractivity contribution in [2.24, 2.45) is 0 Å². The molecule has 1 aromatic heterocycles. The second-order valence-electron chi connectivity index (χ2n) is 7.35. The number of amides is 1. The first-order valence-corrected chi connectivity index (χ1v) is 10.6. The normalized spacial score (nSPS) is 11.9. The third-order valence-corrected chi connectivity index (χ3v) is 5.39. The molecule has 0 spiro atoms. The molecule has 0 fully saturated rings. The fourth-order valence-electron chi connectivity index (χ4n) is 3.16. The van der Waals surface area contributed by atoms with Gasteiger partial charge in [0.1, 0.15) is 5.58 Å². The Morgan fingerprint density at radius 1 is 0.969 bits per heavy atom. The van der Waals surface area contributed by atoms with Crippen molar-refractivity contribution in [2.75, 3.05) is 5.32 Å². The van der Waals surface area contributed by atoms with Crippen molar-refractivity contribution in [3.05, 3.63) is 92.6 Å². The fourth-order valence-corrected chi connectivity index (χ4v) is 3.46. The molecule has 0 radical (unpaired) electrons. The molecule has 7 heteroatoms. The third kappa shape index (κ3) is 4.64. The van der Waals surface area contributed by atoms with E-state index in [1.54, 1.807) is 43.3 Å². The summed E-state index contributed by atoms with van der Waals surface area (Å²) in [6, 6.07) is 19.0. The number of rotatable bonds is 5. The van der Waals surface area contributed by atoms with Crippen molar-refractivity contribution in [1.82, 2.24) is 0 Å². The molecule has 0 aliphatic heterocycles. The van der Waals surface area contributed by atoms with Gasteiger partial charge in [0.25, 0.3) is 5.91 Å². The van der Waals surface area contributed by atoms with E-state index in [4.69, 9.17) is 32.4 Å². The van der Waals surface area contributed by atoms with Crippen molar-refractivity contribution >= 4 is 45.8 Å². The van der Waals surface area contributed by atoms with Crippen molar-refractivity contribution in [1.29, 1.82) is 0 Å². The first-order valence-electron chi connectivity index (χ1n) is 9.88. The number of aryl methyl sites for hydroxylation is 1. The molecular formula is C25H19Cl2NO4. The van der Waals surface area contributed by atoms with Crippen LogP contribution in [0.1, 0.15) is 12.5 Å². The van der Waals surface area contributed by atoms with Crippen LogP contribution in [-0.2, 0) is 4.79 Å². The van der Waals surface area contributed by atoms with E-state index < -0.39 is 17.4 Å². The van der Waals surface area contributed by atoms with E-state index >= 15 is 0 Å². The lowest BCUT2D eigenvalue weighted by Gasteiger charge is -2.17. The van der Waals surface area contributed by atoms with Gasteiger partial charge < -0.3 is 14.5 Å². The van der Waals surface area contributed by atoms with E-state index in [2.05, 4.69) is 5.32 Å². The molecule has 1 heterocycles. The van der Waals surface area contributed by atoms with E-state index in [9.17, 15) is 9.59 Å². The summed E-state index contributed by atoms with van der Waals surface area (Å²) in [6.07, 6.45) is -0.977. The van der Waals surface area contributed by atoms with Crippen LogP contribution in [0.5, 0.6) is 5.75 Å². The van der Waals surface area contributed by atoms with Crippen LogP contribution in [0, 0.1) is 6.92 Å². The number of carbonyl (C=O) groups excluding carboxylic acids is 1. The van der Waals surface area contributed by atoms with Gasteiger partial charge in [0.05, 0.1) is 5.39 Å². The molecular weight excluding hydrogens is 449 g/mol. The van der Waals surface area contributed by atoms with Crippen LogP contribution >= 0.6 is 23.2 Å². The van der Waals surface area contributed by atoms with Crippen LogP contribution in [-0.4, -0.2) is 12.0 Å². The van der Waals surface area contributed by atoms with Gasteiger partial charge in [-0.3, -0.25) is 9.59 Å². The number of nitrogens with one attached hydrogen (secondary N) is 1. The molecule has 5 nitrogen and oxygen atoms in total. The maximum atomic E-state index is 13.3. The number of hydrogen-bond acceptors (Lipinski definition) is 4. The van der Waals surface area contributed by atoms with Crippen molar-refractivity contribution in [2.45, 2.75) is 20.0 Å². The number of benzene rings is 3. The van der Waals surface area contributed by atoms with E-state index in [1.807, 2.05) is 31.2 Å². The zero-order valence-corrected chi connectivity index (χ0v) is 18.8. The molecule has 4 rings (SSSR count). The molecule has 0 aliphatic rings. The topological polar surface area (TPSA) is 68.5 Å². The standard InChI is InChI=1S/C25H19Cl2NO4/c1-14-3-5-16(6-4-14)23-24(22(29)20-13-18(27)9-12-21(20)32-23)31-15(2)25(30)28-19-10-7-17(26)8-11-19/h3-13,15H,1-2H3,(H,28,30)/t15-/m1/s1. The second kappa shape index (κ2) is 9.07. The smallest absolute Gasteiger partial charge is 0.265 e. The number of hydrogen-bond donors (Lipinski definition) is 1. The average Bonchev–Trinajstić information content (AvgIpc) is 2.78. The predicted molar refractivity (Wildman–Crippen MR) is 128 cm³/mol. The fraction of sp³-hybridized carbons (Fsp3) is 0.120. The monoisotopic (exact) mass is 467 g/mol. The van der Waals surface area contributed by atoms with Gasteiger partial charge >= 0.3 is 0 Å². The summed E-state index contributed by atoms with van der Waals surface area (Å²) in [6.45, 7) is 3.52. The number of fused-ring (bicyclic) bond motifs is 1. The first kappa shape index (κ1) is 21.9. The van der Waals surface area contributed by atoms with Gasteiger partial charge in [-0.05, 0) is 56.3 Å². The summed E-state index contributed by atoms with van der Waals surface area (Å²) >= 11 is 12.0. The Balaban J connectivity index is 1.73. The predicted octanol–water partition coefficient (Wildman–Crippen LogP) is 6.48. The van der Waals surface area contributed by atoms with E-state index in [-0.39, 0.29) is 16.9 Å². The summed E-state index contributed by atoms with van der Waals surface area (Å²) in [7, 11) is 0. The average molecular weight is 468 g/mol. The van der Waals surface area contributed by atoms with Gasteiger partial charge in [0.15, 0.2) is 11.9 Å². The molecule has 1 atom stereocenters. The largest absolute Gasteiger partial charge is 0.473 e. The lowest BCUT2D eigenvalue weighted by Crippen LogP contribution is -2.31. The maximum absolute atomic E-state index is 13.3. The number of carbonyl (C=O) groups is 1. The van der Waals surface area contributed by atoms with Crippen LogP contribution in [0.3, 0.4) is 0 Å². The molecule has 162 valence electrons. The Morgan fingerprint density at radius 3 is 2.31 bits per heavy atom. The summed E-state index contributed by atoms with van der Waals surface area (Å²) in [5, 5.41) is 3.97. The number of ether oxygens (including phenoxy) is 1. The summed E-state index contributed by atoms with van der Waals surface area (Å²) in [5.41, 5.74) is 2.24. The third-order valence-electron chi connectivity index (χ3n) is 4.90. The SMILES string of the molecule is Cc1ccc(-c2oc3ccc(Cl)cc3c(=O)c2O[C@H](C)C(=O)Nc2ccc(Cl)cc2)cc1. The summed E-state index contributed by atoms with van der Waals surface area (Å²) in [4.78, 5) is 26.0. The van der Waals surface area contributed by atoms with Crippen LogP contribution in [0.2, 0.25) is 10.0 Å². The van der Waals surface area contributed by atoms with Gasteiger partial charge in [-0.1, -0.05) is 53.0 Å². The highest BCUT2D eigenvalue weighted by Gasteiger charge is 2.23.